The number of anilines is 1. The van der Waals surface area contributed by atoms with E-state index in [0.717, 1.165) is 10.1 Å². The van der Waals surface area contributed by atoms with Crippen molar-refractivity contribution < 1.29 is 9.47 Å². The Balaban J connectivity index is 1.57. The second-order valence-corrected chi connectivity index (χ2v) is 8.59. The number of halogens is 1. The van der Waals surface area contributed by atoms with Gasteiger partial charge in [0.25, 0.3) is 0 Å². The fraction of sp³-hybridized carbons (Fsp3) is 0.292. The molecule has 3 aromatic rings. The number of nitrogens with zero attached hydrogens (tertiary/aromatic N) is 5. The Bertz CT molecular complexity index is 1380. The molecule has 0 spiro atoms. The number of nitrogens with one attached hydrogen (secondary N) is 1. The van der Waals surface area contributed by atoms with Crippen molar-refractivity contribution in [2.45, 2.75) is 38.9 Å². The van der Waals surface area contributed by atoms with E-state index in [1.807, 2.05) is 31.2 Å². The lowest BCUT2D eigenvalue weighted by atomic mass is 9.93. The third kappa shape index (κ3) is 5.60. The van der Waals surface area contributed by atoms with E-state index in [1.54, 1.807) is 25.1 Å². The summed E-state index contributed by atoms with van der Waals surface area (Å²) in [6.45, 7) is 4.11. The fourth-order valence-electron chi connectivity index (χ4n) is 3.52. The molecular formula is C24H25ClN6O4. The van der Waals surface area contributed by atoms with Gasteiger partial charge in [-0.3, -0.25) is 4.57 Å². The molecular weight excluding hydrogens is 472 g/mol. The first-order chi connectivity index (χ1) is 16.8. The van der Waals surface area contributed by atoms with Gasteiger partial charge in [0.1, 0.15) is 5.76 Å². The van der Waals surface area contributed by atoms with Crippen molar-refractivity contribution in [2.75, 3.05) is 12.4 Å². The lowest BCUT2D eigenvalue weighted by Crippen LogP contribution is -2.45. The molecule has 1 aliphatic rings. The third-order valence-electron chi connectivity index (χ3n) is 5.51. The highest BCUT2D eigenvalue weighted by atomic mass is 35.5. The molecule has 0 saturated carbocycles. The number of benzene rings is 1. The Labute approximate surface area is 206 Å². The van der Waals surface area contributed by atoms with Crippen LogP contribution in [-0.4, -0.2) is 36.7 Å². The maximum atomic E-state index is 13.1. The van der Waals surface area contributed by atoms with Crippen LogP contribution in [-0.2, 0) is 13.1 Å². The average Bonchev–Trinajstić information content (AvgIpc) is 2.85. The predicted octanol–water partition coefficient (Wildman–Crippen LogP) is 3.02. The Morgan fingerprint density at radius 3 is 2.46 bits per heavy atom. The van der Waals surface area contributed by atoms with Gasteiger partial charge >= 0.3 is 17.4 Å². The zero-order valence-corrected chi connectivity index (χ0v) is 20.3. The molecule has 1 atom stereocenters. The van der Waals surface area contributed by atoms with Crippen LogP contribution in [0, 0.1) is 0 Å². The van der Waals surface area contributed by atoms with Crippen LogP contribution in [0.25, 0.3) is 0 Å². The molecule has 1 unspecified atom stereocenters. The molecule has 35 heavy (non-hydrogen) atoms. The predicted molar refractivity (Wildman–Crippen MR) is 132 cm³/mol. The highest BCUT2D eigenvalue weighted by Crippen LogP contribution is 2.25. The number of rotatable bonds is 8. The van der Waals surface area contributed by atoms with E-state index < -0.39 is 16.9 Å². The van der Waals surface area contributed by atoms with E-state index in [-0.39, 0.29) is 25.0 Å². The van der Waals surface area contributed by atoms with Crippen molar-refractivity contribution in [1.29, 1.82) is 0 Å². The molecule has 182 valence electrons. The van der Waals surface area contributed by atoms with Gasteiger partial charge in [0.05, 0.1) is 31.6 Å². The lowest BCUT2D eigenvalue weighted by Gasteiger charge is -2.30. The molecule has 11 heteroatoms. The van der Waals surface area contributed by atoms with E-state index in [0.29, 0.717) is 23.0 Å². The molecule has 0 radical (unpaired) electrons. The van der Waals surface area contributed by atoms with Crippen molar-refractivity contribution in [3.05, 3.63) is 92.2 Å². The smallest absolute Gasteiger partial charge is 0.354 e. The summed E-state index contributed by atoms with van der Waals surface area (Å²) in [5.41, 5.74) is -0.821. The molecule has 0 fully saturated rings. The number of hydrogen-bond donors (Lipinski definition) is 1. The summed E-state index contributed by atoms with van der Waals surface area (Å²) >= 11 is 5.99. The summed E-state index contributed by atoms with van der Waals surface area (Å²) in [7, 11) is 1.54. The van der Waals surface area contributed by atoms with Gasteiger partial charge < -0.3 is 14.8 Å². The molecule has 0 amide bonds. The minimum Gasteiger partial charge on any atom is -0.494 e. The number of methoxy groups -OCH3 is 1. The largest absolute Gasteiger partial charge is 0.494 e. The molecule has 1 N–H and O–H groups in total. The van der Waals surface area contributed by atoms with Crippen LogP contribution in [0.5, 0.6) is 11.8 Å². The summed E-state index contributed by atoms with van der Waals surface area (Å²) in [5.74, 6) is 1.29. The Morgan fingerprint density at radius 2 is 1.86 bits per heavy atom. The molecule has 1 aromatic carbocycles. The van der Waals surface area contributed by atoms with Crippen LogP contribution < -0.4 is 26.2 Å². The average molecular weight is 497 g/mol. The summed E-state index contributed by atoms with van der Waals surface area (Å²) in [6, 6.07) is 7.36. The Morgan fingerprint density at radius 1 is 1.14 bits per heavy atom. The Kier molecular flexibility index (Phi) is 7.02. The Hall–Kier alpha value is -3.92. The van der Waals surface area contributed by atoms with Gasteiger partial charge in [0.2, 0.25) is 5.95 Å². The van der Waals surface area contributed by atoms with Gasteiger partial charge in [-0.05, 0) is 50.1 Å². The van der Waals surface area contributed by atoms with Crippen LogP contribution in [0.1, 0.15) is 25.8 Å². The number of ether oxygens (including phenoxy) is 2. The monoisotopic (exact) mass is 496 g/mol. The van der Waals surface area contributed by atoms with Gasteiger partial charge in [-0.25, -0.2) is 14.2 Å². The van der Waals surface area contributed by atoms with Crippen molar-refractivity contribution in [1.82, 2.24) is 24.1 Å². The molecule has 0 aliphatic heterocycles. The fourth-order valence-corrected chi connectivity index (χ4v) is 3.64. The summed E-state index contributed by atoms with van der Waals surface area (Å²) in [5, 5.41) is 3.87. The number of hydrogen-bond acceptors (Lipinski definition) is 8. The third-order valence-corrected chi connectivity index (χ3v) is 5.76. The minimum absolute atomic E-state index is 0.183. The SMILES string of the molecule is CCn1c(=O)nc(NC2(C)C=CC(Oc3ncc(OC)cn3)=CC2)n(Cc2ccc(Cl)cc2)c1=O. The molecule has 10 nitrogen and oxygen atoms in total. The van der Waals surface area contributed by atoms with Crippen LogP contribution in [0.15, 0.2) is 70.2 Å². The van der Waals surface area contributed by atoms with E-state index in [2.05, 4.69) is 20.3 Å². The first-order valence-electron chi connectivity index (χ1n) is 11.0. The van der Waals surface area contributed by atoms with Gasteiger partial charge in [0, 0.05) is 11.6 Å². The van der Waals surface area contributed by atoms with Crippen LogP contribution in [0.4, 0.5) is 5.95 Å². The first kappa shape index (κ1) is 24.2. The van der Waals surface area contributed by atoms with Crippen LogP contribution in [0.3, 0.4) is 0 Å². The number of aromatic nitrogens is 5. The maximum absolute atomic E-state index is 13.1. The minimum atomic E-state index is -0.625. The van der Waals surface area contributed by atoms with Crippen molar-refractivity contribution in [3.8, 4) is 11.8 Å². The van der Waals surface area contributed by atoms with Crippen molar-refractivity contribution in [2.24, 2.45) is 0 Å². The normalized spacial score (nSPS) is 17.1. The first-order valence-corrected chi connectivity index (χ1v) is 11.4. The molecule has 0 bridgehead atoms. The molecule has 2 aromatic heterocycles. The van der Waals surface area contributed by atoms with E-state index in [1.165, 1.54) is 24.1 Å². The molecule has 0 saturated heterocycles. The van der Waals surface area contributed by atoms with Crippen LogP contribution in [0.2, 0.25) is 5.02 Å². The topological polar surface area (TPSA) is 113 Å². The van der Waals surface area contributed by atoms with E-state index in [9.17, 15) is 9.59 Å². The lowest BCUT2D eigenvalue weighted by molar-refractivity contribution is 0.382. The zero-order valence-electron chi connectivity index (χ0n) is 19.6. The maximum Gasteiger partial charge on any atom is 0.354 e. The zero-order chi connectivity index (χ0) is 25.0. The molecule has 2 heterocycles. The second-order valence-electron chi connectivity index (χ2n) is 8.15. The van der Waals surface area contributed by atoms with E-state index >= 15 is 0 Å². The van der Waals surface area contributed by atoms with Gasteiger partial charge in [-0.1, -0.05) is 29.8 Å². The van der Waals surface area contributed by atoms with Gasteiger partial charge in [0.15, 0.2) is 5.75 Å². The highest BCUT2D eigenvalue weighted by Gasteiger charge is 2.26. The quantitative estimate of drug-likeness (QED) is 0.506. The van der Waals surface area contributed by atoms with E-state index in [4.69, 9.17) is 21.1 Å². The summed E-state index contributed by atoms with van der Waals surface area (Å²) in [6.07, 6.45) is 9.07. The second kappa shape index (κ2) is 10.1. The van der Waals surface area contributed by atoms with Crippen molar-refractivity contribution >= 4 is 17.5 Å². The molecule has 4 rings (SSSR count). The summed E-state index contributed by atoms with van der Waals surface area (Å²) in [4.78, 5) is 38.0. The van der Waals surface area contributed by atoms with Gasteiger partial charge in [-0.15, -0.1) is 0 Å². The summed E-state index contributed by atoms with van der Waals surface area (Å²) < 4.78 is 13.3. The molecule has 1 aliphatic carbocycles. The number of allylic oxidation sites excluding steroid dienone is 1. The van der Waals surface area contributed by atoms with Crippen LogP contribution >= 0.6 is 11.6 Å². The standard InChI is InChI=1S/C24H25ClN6O4/c1-4-30-22(32)28-20(31(23(30)33)15-16-5-7-17(25)8-6-16)29-24(2)11-9-18(10-12-24)35-21-26-13-19(34-3)14-27-21/h5-11,13-14H,4,12,15H2,1-3H3,(H,28,29,32). The highest BCUT2D eigenvalue weighted by molar-refractivity contribution is 6.30. The van der Waals surface area contributed by atoms with Gasteiger partial charge in [-0.2, -0.15) is 15.0 Å². The van der Waals surface area contributed by atoms with Crippen molar-refractivity contribution in [3.63, 3.8) is 0 Å².